The maximum absolute atomic E-state index is 4.45. The summed E-state index contributed by atoms with van der Waals surface area (Å²) in [4.78, 5) is 5.78. The highest BCUT2D eigenvalue weighted by Gasteiger charge is 2.18. The predicted octanol–water partition coefficient (Wildman–Crippen LogP) is 3.39. The summed E-state index contributed by atoms with van der Waals surface area (Å²) < 4.78 is 0. The summed E-state index contributed by atoms with van der Waals surface area (Å²) in [6, 6.07) is 4.41. The average molecular weight is 230 g/mol. The zero-order valence-electron chi connectivity index (χ0n) is 9.50. The van der Waals surface area contributed by atoms with Gasteiger partial charge >= 0.3 is 0 Å². The van der Waals surface area contributed by atoms with E-state index in [1.54, 1.807) is 11.3 Å². The molecule has 1 aromatic carbocycles. The number of nitrogens with zero attached hydrogens (tertiary/aromatic N) is 1. The van der Waals surface area contributed by atoms with Gasteiger partial charge in [-0.15, -0.1) is 11.3 Å². The van der Waals surface area contributed by atoms with Gasteiger partial charge in [-0.25, -0.2) is 4.98 Å². The summed E-state index contributed by atoms with van der Waals surface area (Å²) in [5, 5.41) is 3.53. The second kappa shape index (κ2) is 3.59. The van der Waals surface area contributed by atoms with Crippen LogP contribution in [0.4, 0.5) is 5.69 Å². The maximum atomic E-state index is 4.45. The lowest BCUT2D eigenvalue weighted by atomic mass is 10.0. The van der Waals surface area contributed by atoms with Crippen LogP contribution < -0.4 is 5.32 Å². The SMILES string of the molecule is Cc1ccc2c(c1C)NCCc1ncsc1-2. The van der Waals surface area contributed by atoms with Crippen molar-refractivity contribution in [3.05, 3.63) is 34.5 Å². The van der Waals surface area contributed by atoms with Crippen molar-refractivity contribution in [1.82, 2.24) is 4.98 Å². The molecule has 3 rings (SSSR count). The second-order valence-corrected chi connectivity index (χ2v) is 5.09. The lowest BCUT2D eigenvalue weighted by Crippen LogP contribution is -2.04. The molecule has 0 unspecified atom stereocenters. The third kappa shape index (κ3) is 1.35. The van der Waals surface area contributed by atoms with Crippen LogP contribution in [-0.4, -0.2) is 11.5 Å². The zero-order valence-corrected chi connectivity index (χ0v) is 10.3. The van der Waals surface area contributed by atoms with Crippen LogP contribution in [0, 0.1) is 13.8 Å². The first kappa shape index (κ1) is 9.85. The summed E-state index contributed by atoms with van der Waals surface area (Å²) >= 11 is 1.74. The number of anilines is 1. The number of thiazole rings is 1. The van der Waals surface area contributed by atoms with E-state index >= 15 is 0 Å². The van der Waals surface area contributed by atoms with E-state index in [-0.39, 0.29) is 0 Å². The van der Waals surface area contributed by atoms with E-state index in [9.17, 15) is 0 Å². The minimum absolute atomic E-state index is 0.980. The van der Waals surface area contributed by atoms with Crippen molar-refractivity contribution in [2.24, 2.45) is 0 Å². The van der Waals surface area contributed by atoms with Gasteiger partial charge in [0.05, 0.1) is 16.1 Å². The van der Waals surface area contributed by atoms with Gasteiger partial charge in [0.2, 0.25) is 0 Å². The first-order chi connectivity index (χ1) is 7.77. The minimum atomic E-state index is 0.980. The monoisotopic (exact) mass is 230 g/mol. The summed E-state index contributed by atoms with van der Waals surface area (Å²) in [5.41, 5.74) is 8.51. The van der Waals surface area contributed by atoms with Crippen LogP contribution in [-0.2, 0) is 6.42 Å². The standard InChI is InChI=1S/C13H14N2S/c1-8-3-4-10-12(9(8)2)14-6-5-11-13(10)16-7-15-11/h3-4,7,14H,5-6H2,1-2H3. The second-order valence-electron chi connectivity index (χ2n) is 4.23. The summed E-state index contributed by atoms with van der Waals surface area (Å²) in [7, 11) is 0. The predicted molar refractivity (Wildman–Crippen MR) is 69.2 cm³/mol. The van der Waals surface area contributed by atoms with Crippen molar-refractivity contribution in [2.45, 2.75) is 20.3 Å². The Hall–Kier alpha value is -1.35. The lowest BCUT2D eigenvalue weighted by Gasteiger charge is -2.13. The third-order valence-corrected chi connectivity index (χ3v) is 4.19. The number of benzene rings is 1. The first-order valence-corrected chi connectivity index (χ1v) is 6.42. The molecule has 82 valence electrons. The van der Waals surface area contributed by atoms with Gasteiger partial charge in [-0.05, 0) is 25.0 Å². The van der Waals surface area contributed by atoms with E-state index in [0.29, 0.717) is 0 Å². The lowest BCUT2D eigenvalue weighted by molar-refractivity contribution is 0.988. The number of nitrogens with one attached hydrogen (secondary N) is 1. The van der Waals surface area contributed by atoms with E-state index in [1.165, 1.54) is 32.9 Å². The Morgan fingerprint density at radius 3 is 3.06 bits per heavy atom. The molecule has 1 aliphatic rings. The topological polar surface area (TPSA) is 24.9 Å². The van der Waals surface area contributed by atoms with Gasteiger partial charge in [0, 0.05) is 24.2 Å². The number of fused-ring (bicyclic) bond motifs is 3. The molecule has 2 nitrogen and oxygen atoms in total. The van der Waals surface area contributed by atoms with E-state index in [0.717, 1.165) is 13.0 Å². The minimum Gasteiger partial charge on any atom is -0.384 e. The quantitative estimate of drug-likeness (QED) is 0.750. The highest BCUT2D eigenvalue weighted by molar-refractivity contribution is 7.13. The van der Waals surface area contributed by atoms with Crippen LogP contribution in [0.3, 0.4) is 0 Å². The smallest absolute Gasteiger partial charge is 0.0801 e. The van der Waals surface area contributed by atoms with Gasteiger partial charge in [0.1, 0.15) is 0 Å². The average Bonchev–Trinajstić information content (AvgIpc) is 2.66. The molecule has 2 aromatic rings. The number of hydrogen-bond acceptors (Lipinski definition) is 3. The number of aryl methyl sites for hydroxylation is 1. The highest BCUT2D eigenvalue weighted by atomic mass is 32.1. The van der Waals surface area contributed by atoms with Crippen molar-refractivity contribution in [3.63, 3.8) is 0 Å². The fourth-order valence-corrected chi connectivity index (χ4v) is 3.08. The molecule has 1 aromatic heterocycles. The van der Waals surface area contributed by atoms with Gasteiger partial charge in [0.15, 0.2) is 0 Å². The third-order valence-electron chi connectivity index (χ3n) is 3.29. The Kier molecular flexibility index (Phi) is 2.21. The molecule has 0 saturated heterocycles. The number of rotatable bonds is 0. The van der Waals surface area contributed by atoms with Crippen LogP contribution in [0.5, 0.6) is 0 Å². The van der Waals surface area contributed by atoms with Crippen LogP contribution in [0.15, 0.2) is 17.6 Å². The molecule has 0 radical (unpaired) electrons. The Labute approximate surface area is 99.4 Å². The fourth-order valence-electron chi connectivity index (χ4n) is 2.21. The molecule has 0 atom stereocenters. The molecule has 2 heterocycles. The van der Waals surface area contributed by atoms with Crippen LogP contribution in [0.2, 0.25) is 0 Å². The van der Waals surface area contributed by atoms with Crippen LogP contribution in [0.1, 0.15) is 16.8 Å². The summed E-state index contributed by atoms with van der Waals surface area (Å²) in [5.74, 6) is 0. The molecule has 1 aliphatic heterocycles. The molecular weight excluding hydrogens is 216 g/mol. The van der Waals surface area contributed by atoms with Gasteiger partial charge in [-0.3, -0.25) is 0 Å². The van der Waals surface area contributed by atoms with Crippen molar-refractivity contribution >= 4 is 17.0 Å². The molecule has 0 spiro atoms. The van der Waals surface area contributed by atoms with Gasteiger partial charge in [-0.1, -0.05) is 12.1 Å². The zero-order chi connectivity index (χ0) is 11.1. The number of aromatic nitrogens is 1. The van der Waals surface area contributed by atoms with E-state index in [2.05, 4.69) is 36.3 Å². The molecule has 16 heavy (non-hydrogen) atoms. The van der Waals surface area contributed by atoms with E-state index < -0.39 is 0 Å². The Morgan fingerprint density at radius 2 is 2.19 bits per heavy atom. The largest absolute Gasteiger partial charge is 0.384 e. The van der Waals surface area contributed by atoms with E-state index in [1.807, 2.05) is 5.51 Å². The maximum Gasteiger partial charge on any atom is 0.0801 e. The van der Waals surface area contributed by atoms with Gasteiger partial charge in [-0.2, -0.15) is 0 Å². The van der Waals surface area contributed by atoms with Crippen molar-refractivity contribution in [1.29, 1.82) is 0 Å². The normalized spacial score (nSPS) is 13.6. The van der Waals surface area contributed by atoms with Crippen molar-refractivity contribution < 1.29 is 0 Å². The fraction of sp³-hybridized carbons (Fsp3) is 0.308. The molecule has 0 bridgehead atoms. The highest BCUT2D eigenvalue weighted by Crippen LogP contribution is 2.38. The Morgan fingerprint density at radius 1 is 1.31 bits per heavy atom. The van der Waals surface area contributed by atoms with Gasteiger partial charge in [0.25, 0.3) is 0 Å². The Balaban J connectivity index is 2.29. The summed E-state index contributed by atoms with van der Waals surface area (Å²) in [6.45, 7) is 5.33. The first-order valence-electron chi connectivity index (χ1n) is 5.54. The van der Waals surface area contributed by atoms with Crippen molar-refractivity contribution in [3.8, 4) is 10.4 Å². The molecule has 0 amide bonds. The van der Waals surface area contributed by atoms with Crippen LogP contribution in [0.25, 0.3) is 10.4 Å². The molecular formula is C13H14N2S. The Bertz CT molecular complexity index is 543. The van der Waals surface area contributed by atoms with Gasteiger partial charge < -0.3 is 5.32 Å². The van der Waals surface area contributed by atoms with Crippen LogP contribution >= 0.6 is 11.3 Å². The molecule has 3 heteroatoms. The molecule has 0 fully saturated rings. The molecule has 1 N–H and O–H groups in total. The van der Waals surface area contributed by atoms with E-state index in [4.69, 9.17) is 0 Å². The number of hydrogen-bond donors (Lipinski definition) is 1. The molecule has 0 aliphatic carbocycles. The molecule has 0 saturated carbocycles. The summed E-state index contributed by atoms with van der Waals surface area (Å²) in [6.07, 6.45) is 1.02. The van der Waals surface area contributed by atoms with Crippen molar-refractivity contribution in [2.75, 3.05) is 11.9 Å².